The van der Waals surface area contributed by atoms with Crippen LogP contribution in [0.5, 0.6) is 0 Å². The van der Waals surface area contributed by atoms with Gasteiger partial charge in [-0.3, -0.25) is 9.59 Å². The molecule has 21 heavy (non-hydrogen) atoms. The van der Waals surface area contributed by atoms with Gasteiger partial charge in [-0.25, -0.2) is 0 Å². The first-order valence-electron chi connectivity index (χ1n) is 6.92. The first kappa shape index (κ1) is 14.1. The molecule has 0 amide bonds. The molecular formula is C17H15ClO3. The van der Waals surface area contributed by atoms with Gasteiger partial charge in [-0.1, -0.05) is 41.9 Å². The molecule has 0 N–H and O–H groups in total. The maximum Gasteiger partial charge on any atom is 0.316 e. The molecule has 1 unspecified atom stereocenters. The minimum absolute atomic E-state index is 0.111. The first-order chi connectivity index (χ1) is 10.1. The van der Waals surface area contributed by atoms with E-state index in [4.69, 9.17) is 16.3 Å². The van der Waals surface area contributed by atoms with Crippen molar-refractivity contribution >= 4 is 34.1 Å². The largest absolute Gasteiger partial charge is 0.468 e. The number of ether oxygens (including phenoxy) is 1. The van der Waals surface area contributed by atoms with Crippen molar-refractivity contribution in [2.75, 3.05) is 7.11 Å². The number of carbonyl (C=O) groups is 2. The Bertz CT molecular complexity index is 719. The van der Waals surface area contributed by atoms with Crippen LogP contribution in [0.15, 0.2) is 36.4 Å². The third-order valence-electron chi connectivity index (χ3n) is 3.97. The number of Topliss-reactive ketones (excluding diaryl/α,β-unsaturated/α-hetero) is 1. The number of hydrogen-bond donors (Lipinski definition) is 0. The van der Waals surface area contributed by atoms with Crippen LogP contribution >= 0.6 is 11.6 Å². The predicted molar refractivity (Wildman–Crippen MR) is 81.5 cm³/mol. The molecule has 0 bridgehead atoms. The fraction of sp³-hybridized carbons (Fsp3) is 0.294. The van der Waals surface area contributed by atoms with Crippen molar-refractivity contribution in [3.63, 3.8) is 0 Å². The number of ketones is 1. The molecule has 1 saturated carbocycles. The van der Waals surface area contributed by atoms with Crippen LogP contribution in [0.4, 0.5) is 0 Å². The molecule has 0 aromatic heterocycles. The number of rotatable bonds is 4. The molecule has 108 valence electrons. The van der Waals surface area contributed by atoms with E-state index in [1.54, 1.807) is 18.2 Å². The Morgan fingerprint density at radius 2 is 1.81 bits per heavy atom. The van der Waals surface area contributed by atoms with E-state index in [0.717, 1.165) is 23.6 Å². The zero-order chi connectivity index (χ0) is 15.0. The lowest BCUT2D eigenvalue weighted by Gasteiger charge is -2.14. The number of benzene rings is 2. The van der Waals surface area contributed by atoms with Crippen molar-refractivity contribution in [3.8, 4) is 0 Å². The highest BCUT2D eigenvalue weighted by Crippen LogP contribution is 2.40. The number of methoxy groups -OCH3 is 1. The number of esters is 1. The van der Waals surface area contributed by atoms with Gasteiger partial charge in [0.2, 0.25) is 0 Å². The van der Waals surface area contributed by atoms with Crippen molar-refractivity contribution in [2.45, 2.75) is 12.8 Å². The van der Waals surface area contributed by atoms with Gasteiger partial charge in [0.1, 0.15) is 5.92 Å². The summed E-state index contributed by atoms with van der Waals surface area (Å²) in [5.74, 6) is -1.20. The zero-order valence-electron chi connectivity index (χ0n) is 11.6. The maximum absolute atomic E-state index is 12.8. The Morgan fingerprint density at radius 1 is 1.14 bits per heavy atom. The van der Waals surface area contributed by atoms with Crippen LogP contribution in [0.25, 0.3) is 10.8 Å². The van der Waals surface area contributed by atoms with E-state index >= 15 is 0 Å². The van der Waals surface area contributed by atoms with E-state index in [1.165, 1.54) is 7.11 Å². The average molecular weight is 303 g/mol. The number of carbonyl (C=O) groups excluding carboxylic acids is 2. The van der Waals surface area contributed by atoms with Crippen molar-refractivity contribution in [2.24, 2.45) is 11.8 Å². The molecule has 0 saturated heterocycles. The topological polar surface area (TPSA) is 43.4 Å². The van der Waals surface area contributed by atoms with Crippen LogP contribution in [0, 0.1) is 11.8 Å². The Labute approximate surface area is 127 Å². The summed E-state index contributed by atoms with van der Waals surface area (Å²) in [5.41, 5.74) is 0.539. The molecule has 2 aromatic carbocycles. The van der Waals surface area contributed by atoms with Gasteiger partial charge in [0, 0.05) is 16.0 Å². The lowest BCUT2D eigenvalue weighted by molar-refractivity contribution is -0.144. The molecular weight excluding hydrogens is 288 g/mol. The molecule has 1 aliphatic rings. The lowest BCUT2D eigenvalue weighted by Crippen LogP contribution is -2.27. The minimum Gasteiger partial charge on any atom is -0.468 e. The van der Waals surface area contributed by atoms with Crippen LogP contribution in [0.1, 0.15) is 23.2 Å². The molecule has 0 spiro atoms. The molecule has 3 rings (SSSR count). The van der Waals surface area contributed by atoms with Crippen LogP contribution in [-0.4, -0.2) is 18.9 Å². The van der Waals surface area contributed by atoms with Crippen molar-refractivity contribution in [1.29, 1.82) is 0 Å². The van der Waals surface area contributed by atoms with E-state index in [2.05, 4.69) is 0 Å². The first-order valence-corrected chi connectivity index (χ1v) is 7.30. The van der Waals surface area contributed by atoms with Gasteiger partial charge in [-0.2, -0.15) is 0 Å². The average Bonchev–Trinajstić information content (AvgIpc) is 3.32. The molecule has 3 nitrogen and oxygen atoms in total. The van der Waals surface area contributed by atoms with Crippen LogP contribution in [0.3, 0.4) is 0 Å². The fourth-order valence-electron chi connectivity index (χ4n) is 2.72. The molecule has 0 aliphatic heterocycles. The molecule has 0 heterocycles. The van der Waals surface area contributed by atoms with E-state index < -0.39 is 11.9 Å². The number of hydrogen-bond acceptors (Lipinski definition) is 3. The summed E-state index contributed by atoms with van der Waals surface area (Å²) < 4.78 is 4.81. The van der Waals surface area contributed by atoms with Crippen molar-refractivity contribution < 1.29 is 14.3 Å². The fourth-order valence-corrected chi connectivity index (χ4v) is 2.96. The van der Waals surface area contributed by atoms with E-state index in [0.29, 0.717) is 10.6 Å². The van der Waals surface area contributed by atoms with Crippen LogP contribution < -0.4 is 0 Å². The molecule has 1 atom stereocenters. The van der Waals surface area contributed by atoms with Gasteiger partial charge in [0.05, 0.1) is 7.11 Å². The Morgan fingerprint density at radius 3 is 2.48 bits per heavy atom. The Kier molecular flexibility index (Phi) is 3.68. The minimum atomic E-state index is -0.695. The molecule has 1 aliphatic carbocycles. The van der Waals surface area contributed by atoms with E-state index in [9.17, 15) is 9.59 Å². The number of fused-ring (bicyclic) bond motifs is 1. The van der Waals surface area contributed by atoms with Gasteiger partial charge in [-0.05, 0) is 30.2 Å². The second-order valence-electron chi connectivity index (χ2n) is 5.34. The van der Waals surface area contributed by atoms with Gasteiger partial charge in [0.15, 0.2) is 5.78 Å². The highest BCUT2D eigenvalue weighted by molar-refractivity contribution is 6.36. The summed E-state index contributed by atoms with van der Waals surface area (Å²) in [6.45, 7) is 0. The van der Waals surface area contributed by atoms with Crippen LogP contribution in [-0.2, 0) is 9.53 Å². The summed E-state index contributed by atoms with van der Waals surface area (Å²) in [4.78, 5) is 24.8. The monoisotopic (exact) mass is 302 g/mol. The quantitative estimate of drug-likeness (QED) is 0.489. The molecule has 1 fully saturated rings. The third-order valence-corrected chi connectivity index (χ3v) is 4.29. The highest BCUT2D eigenvalue weighted by Gasteiger charge is 2.42. The second-order valence-corrected chi connectivity index (χ2v) is 5.75. The number of halogens is 1. The summed E-state index contributed by atoms with van der Waals surface area (Å²) in [7, 11) is 1.32. The summed E-state index contributed by atoms with van der Waals surface area (Å²) >= 11 is 6.18. The summed E-state index contributed by atoms with van der Waals surface area (Å²) in [6, 6.07) is 10.9. The second kappa shape index (κ2) is 5.49. The van der Waals surface area contributed by atoms with Gasteiger partial charge >= 0.3 is 5.97 Å². The zero-order valence-corrected chi connectivity index (χ0v) is 12.4. The summed E-state index contributed by atoms with van der Waals surface area (Å²) in [5, 5.41) is 2.21. The lowest BCUT2D eigenvalue weighted by atomic mass is 9.90. The third kappa shape index (κ3) is 2.54. The van der Waals surface area contributed by atoms with Crippen LogP contribution in [0.2, 0.25) is 5.02 Å². The Balaban J connectivity index is 2.09. The van der Waals surface area contributed by atoms with Gasteiger partial charge in [0.25, 0.3) is 0 Å². The molecule has 4 heteroatoms. The van der Waals surface area contributed by atoms with Gasteiger partial charge in [-0.15, -0.1) is 0 Å². The molecule has 0 radical (unpaired) electrons. The van der Waals surface area contributed by atoms with Crippen molar-refractivity contribution in [1.82, 2.24) is 0 Å². The molecule has 2 aromatic rings. The Hall–Kier alpha value is -1.87. The van der Waals surface area contributed by atoms with Crippen molar-refractivity contribution in [3.05, 3.63) is 47.0 Å². The van der Waals surface area contributed by atoms with E-state index in [1.807, 2.05) is 18.2 Å². The summed E-state index contributed by atoms with van der Waals surface area (Å²) in [6.07, 6.45) is 1.80. The van der Waals surface area contributed by atoms with Gasteiger partial charge < -0.3 is 4.74 Å². The maximum atomic E-state index is 12.8. The standard InChI is InChI=1S/C17H15ClO3/c1-21-17(20)15(10-8-9-10)16(19)13-6-2-5-12-11(13)4-3-7-14(12)18/h2-7,10,15H,8-9H2,1H3. The van der Waals surface area contributed by atoms with E-state index in [-0.39, 0.29) is 11.7 Å². The SMILES string of the molecule is COC(=O)C(C(=O)c1cccc2c(Cl)cccc12)C1CC1. The predicted octanol–water partition coefficient (Wildman–Crippen LogP) is 3.88. The normalized spacial score (nSPS) is 15.7. The highest BCUT2D eigenvalue weighted by atomic mass is 35.5. The smallest absolute Gasteiger partial charge is 0.316 e.